The van der Waals surface area contributed by atoms with Crippen LogP contribution in [0.5, 0.6) is 0 Å². The standard InChI is InChI=1S/C42H61NO14/c1-37(2)25-8-11-42(7)32(23(45)18-21-22-19-39(4,36(51)52)13-12-38(22,3)14-15-41(21,42)6)40(25,5)10-9-26(37)55-35-31(29(46)28(43-53)30(57-35)34(49)50)56-27-17-20(44)16-24(54-27)33(47)48/h18,20,22,24-32,35,44,46H,8-17,19H2,1-7H3,(H,47,48)(H,49,50)(H,51,52)/t20-,22?,24-,25?,26-,27-,28?,29-,30-,31+,32?,35-,38+,39-,40-,41+,42+/m0/s1. The molecule has 0 spiro atoms. The van der Waals surface area contributed by atoms with Crippen LogP contribution in [0.4, 0.5) is 0 Å². The number of hydrogen-bond acceptors (Lipinski definition) is 12. The van der Waals surface area contributed by atoms with Gasteiger partial charge in [-0.25, -0.2) is 9.59 Å². The third kappa shape index (κ3) is 6.43. The van der Waals surface area contributed by atoms with Gasteiger partial charge in [-0.2, -0.15) is 4.91 Å². The highest BCUT2D eigenvalue weighted by molar-refractivity contribution is 5.95. The number of aliphatic carboxylic acids is 3. The summed E-state index contributed by atoms with van der Waals surface area (Å²) < 4.78 is 24.1. The summed E-state index contributed by atoms with van der Waals surface area (Å²) in [7, 11) is 0. The smallest absolute Gasteiger partial charge is 0.335 e. The molecule has 0 aromatic rings. The normalized spacial score (nSPS) is 50.5. The van der Waals surface area contributed by atoms with E-state index >= 15 is 0 Å². The van der Waals surface area contributed by atoms with Gasteiger partial charge in [0.25, 0.3) is 0 Å². The predicted octanol–water partition coefficient (Wildman–Crippen LogP) is 5.08. The third-order valence-electron chi connectivity index (χ3n) is 17.1. The van der Waals surface area contributed by atoms with Crippen LogP contribution in [-0.2, 0) is 38.1 Å². The summed E-state index contributed by atoms with van der Waals surface area (Å²) in [5.74, 6) is -3.90. The molecule has 57 heavy (non-hydrogen) atoms. The second-order valence-corrected chi connectivity index (χ2v) is 20.5. The lowest BCUT2D eigenvalue weighted by molar-refractivity contribution is -0.343. The third-order valence-corrected chi connectivity index (χ3v) is 17.1. The van der Waals surface area contributed by atoms with Crippen molar-refractivity contribution in [2.45, 2.75) is 174 Å². The molecule has 7 aliphatic rings. The van der Waals surface area contributed by atoms with E-state index in [1.807, 2.05) is 13.0 Å². The summed E-state index contributed by atoms with van der Waals surface area (Å²) in [6.45, 7) is 15.1. The molecule has 0 aromatic heterocycles. The first kappa shape index (κ1) is 42.3. The second-order valence-electron chi connectivity index (χ2n) is 20.5. The molecule has 15 heteroatoms. The molecule has 318 valence electrons. The maximum absolute atomic E-state index is 14.8. The van der Waals surface area contributed by atoms with Crippen LogP contribution in [0.2, 0.25) is 0 Å². The van der Waals surface area contributed by atoms with Crippen LogP contribution in [0.15, 0.2) is 16.8 Å². The molecular formula is C42H61NO14. The van der Waals surface area contributed by atoms with E-state index in [1.54, 1.807) is 0 Å². The van der Waals surface area contributed by atoms with E-state index in [-0.39, 0.29) is 52.6 Å². The highest BCUT2D eigenvalue weighted by atomic mass is 16.7. The molecule has 0 aromatic carbocycles. The van der Waals surface area contributed by atoms with Gasteiger partial charge in [-0.3, -0.25) is 9.59 Å². The Labute approximate surface area is 333 Å². The quantitative estimate of drug-likeness (QED) is 0.159. The van der Waals surface area contributed by atoms with Crippen LogP contribution in [-0.4, -0.2) is 104 Å². The molecule has 5 aliphatic carbocycles. The lowest BCUT2D eigenvalue weighted by atomic mass is 9.33. The Morgan fingerprint density at radius 3 is 2.16 bits per heavy atom. The molecule has 7 rings (SSSR count). The van der Waals surface area contributed by atoms with Crippen LogP contribution in [0, 0.1) is 55.2 Å². The molecule has 0 radical (unpaired) electrons. The fraction of sp³-hybridized carbons (Fsp3) is 0.857. The number of aliphatic hydroxyl groups is 2. The van der Waals surface area contributed by atoms with Crippen LogP contribution < -0.4 is 0 Å². The monoisotopic (exact) mass is 803 g/mol. The SMILES string of the molecule is CC1(C)C2CC[C@]3(C)C(C(=O)C=C4C5C[C@@](C)(C(=O)O)CC[C@]5(C)CC[C@]43C)[C@@]2(C)CC[C@@H]1O[C@H]1O[C@H](C(=O)O)C(N=O)[C@H](O)[C@H]1O[C@H]1C[C@@H](O)C[C@@H](C(=O)O)O1. The largest absolute Gasteiger partial charge is 0.481 e. The van der Waals surface area contributed by atoms with E-state index in [9.17, 15) is 49.6 Å². The van der Waals surface area contributed by atoms with Crippen molar-refractivity contribution in [1.29, 1.82) is 0 Å². The Hall–Kier alpha value is -2.82. The van der Waals surface area contributed by atoms with Crippen molar-refractivity contribution in [2.24, 2.45) is 55.4 Å². The summed E-state index contributed by atoms with van der Waals surface area (Å²) >= 11 is 0. The molecule has 6 fully saturated rings. The van der Waals surface area contributed by atoms with Gasteiger partial charge in [-0.15, -0.1) is 0 Å². The molecule has 0 bridgehead atoms. The van der Waals surface area contributed by atoms with Gasteiger partial charge in [0, 0.05) is 18.8 Å². The van der Waals surface area contributed by atoms with Crippen LogP contribution in [0.1, 0.15) is 119 Å². The molecule has 2 aliphatic heterocycles. The minimum absolute atomic E-state index is 0.000804. The van der Waals surface area contributed by atoms with E-state index in [1.165, 1.54) is 0 Å². The number of nitrogens with zero attached hydrogens (tertiary/aromatic N) is 1. The van der Waals surface area contributed by atoms with Crippen molar-refractivity contribution in [3.63, 3.8) is 0 Å². The second kappa shape index (κ2) is 14.1. The number of carboxylic acids is 3. The number of ether oxygens (including phenoxy) is 4. The van der Waals surface area contributed by atoms with Crippen molar-refractivity contribution < 1.29 is 63.7 Å². The van der Waals surface area contributed by atoms with E-state index in [4.69, 9.17) is 18.9 Å². The van der Waals surface area contributed by atoms with Gasteiger partial charge in [-0.1, -0.05) is 52.3 Å². The van der Waals surface area contributed by atoms with Crippen molar-refractivity contribution in [2.75, 3.05) is 0 Å². The molecule has 4 unspecified atom stereocenters. The maximum Gasteiger partial charge on any atom is 0.335 e. The first-order chi connectivity index (χ1) is 26.5. The first-order valence-electron chi connectivity index (χ1n) is 20.7. The number of nitroso groups, excluding NO2 is 1. The highest BCUT2D eigenvalue weighted by Crippen LogP contribution is 2.75. The predicted molar refractivity (Wildman–Crippen MR) is 200 cm³/mol. The lowest BCUT2D eigenvalue weighted by Crippen LogP contribution is -2.67. The topological polar surface area (TPSA) is 236 Å². The number of allylic oxidation sites excluding steroid dienone is 2. The summed E-state index contributed by atoms with van der Waals surface area (Å²) in [6.07, 6.45) is -3.24. The van der Waals surface area contributed by atoms with E-state index in [2.05, 4.69) is 46.7 Å². The van der Waals surface area contributed by atoms with Gasteiger partial charge in [0.05, 0.1) is 17.6 Å². The van der Waals surface area contributed by atoms with Crippen molar-refractivity contribution in [3.8, 4) is 0 Å². The van der Waals surface area contributed by atoms with Gasteiger partial charge < -0.3 is 44.5 Å². The van der Waals surface area contributed by atoms with Crippen molar-refractivity contribution in [1.82, 2.24) is 0 Å². The Kier molecular flexibility index (Phi) is 10.5. The minimum Gasteiger partial charge on any atom is -0.481 e. The summed E-state index contributed by atoms with van der Waals surface area (Å²) in [6, 6.07) is -1.78. The number of carbonyl (C=O) groups is 4. The van der Waals surface area contributed by atoms with E-state index in [0.29, 0.717) is 25.7 Å². The Morgan fingerprint density at radius 2 is 1.53 bits per heavy atom. The van der Waals surface area contributed by atoms with Gasteiger partial charge in [0.1, 0.15) is 12.2 Å². The number of carbonyl (C=O) groups excluding carboxylic acids is 1. The van der Waals surface area contributed by atoms with Crippen LogP contribution >= 0.6 is 0 Å². The molecule has 15 nitrogen and oxygen atoms in total. The number of hydrogen-bond donors (Lipinski definition) is 5. The number of ketones is 1. The molecular weight excluding hydrogens is 742 g/mol. The van der Waals surface area contributed by atoms with Crippen molar-refractivity contribution in [3.05, 3.63) is 16.6 Å². The van der Waals surface area contributed by atoms with E-state index < -0.39 is 89.4 Å². The Morgan fingerprint density at radius 1 is 0.842 bits per heavy atom. The highest BCUT2D eigenvalue weighted by Gasteiger charge is 2.71. The maximum atomic E-state index is 14.8. The van der Waals surface area contributed by atoms with Gasteiger partial charge in [0.15, 0.2) is 36.6 Å². The van der Waals surface area contributed by atoms with Crippen LogP contribution in [0.25, 0.3) is 0 Å². The summed E-state index contributed by atoms with van der Waals surface area (Å²) in [5.41, 5.74) is -1.57. The Bertz CT molecular complexity index is 1720. The average molecular weight is 804 g/mol. The first-order valence-corrected chi connectivity index (χ1v) is 20.7. The molecule has 4 saturated carbocycles. The molecule has 2 heterocycles. The molecule has 5 N–H and O–H groups in total. The van der Waals surface area contributed by atoms with Gasteiger partial charge in [0.2, 0.25) is 0 Å². The van der Waals surface area contributed by atoms with Gasteiger partial charge >= 0.3 is 17.9 Å². The zero-order chi connectivity index (χ0) is 41.8. The van der Waals surface area contributed by atoms with E-state index in [0.717, 1.165) is 37.7 Å². The minimum atomic E-state index is -1.86. The van der Waals surface area contributed by atoms with Gasteiger partial charge in [-0.05, 0) is 110 Å². The Balaban J connectivity index is 1.17. The zero-order valence-electron chi connectivity index (χ0n) is 34.1. The summed E-state index contributed by atoms with van der Waals surface area (Å²) in [4.78, 5) is 63.2. The summed E-state index contributed by atoms with van der Waals surface area (Å²) in [5, 5.41) is 54.4. The van der Waals surface area contributed by atoms with Crippen LogP contribution in [0.3, 0.4) is 0 Å². The molecule has 17 atom stereocenters. The average Bonchev–Trinajstić information content (AvgIpc) is 3.11. The molecule has 2 saturated heterocycles. The number of rotatable bonds is 8. The number of aliphatic hydroxyl groups excluding tert-OH is 2. The molecule has 0 amide bonds. The number of carboxylic acid groups (broad SMARTS) is 3. The van der Waals surface area contributed by atoms with Crippen molar-refractivity contribution >= 4 is 23.7 Å². The fourth-order valence-electron chi connectivity index (χ4n) is 13.4. The zero-order valence-corrected chi connectivity index (χ0v) is 34.1. The number of fused-ring (bicyclic) bond motifs is 7. The fourth-order valence-corrected chi connectivity index (χ4v) is 13.4. The lowest BCUT2D eigenvalue weighted by Gasteiger charge is -2.70.